The third kappa shape index (κ3) is 5.58. The quantitative estimate of drug-likeness (QED) is 0.672. The average molecular weight is 367 g/mol. The third-order valence-corrected chi connectivity index (χ3v) is 4.65. The molecule has 0 radical (unpaired) electrons. The number of amides is 1. The highest BCUT2D eigenvalue weighted by Gasteiger charge is 2.32. The van der Waals surface area contributed by atoms with Crippen LogP contribution in [0.5, 0.6) is 5.75 Å². The SMILES string of the molecule is COc1ccc(CN(C(=O)COC(=O)Cc2ccc(C)cc2)C2CC2)cc1. The van der Waals surface area contributed by atoms with E-state index >= 15 is 0 Å². The second-order valence-corrected chi connectivity index (χ2v) is 6.92. The fraction of sp³-hybridized carbons (Fsp3) is 0.364. The maximum Gasteiger partial charge on any atom is 0.310 e. The minimum Gasteiger partial charge on any atom is -0.497 e. The Morgan fingerprint density at radius 3 is 2.22 bits per heavy atom. The molecule has 0 aromatic heterocycles. The van der Waals surface area contributed by atoms with Crippen molar-refractivity contribution >= 4 is 11.9 Å². The molecule has 0 bridgehead atoms. The van der Waals surface area contributed by atoms with Gasteiger partial charge in [0.2, 0.25) is 0 Å². The van der Waals surface area contributed by atoms with Crippen molar-refractivity contribution in [1.29, 1.82) is 0 Å². The van der Waals surface area contributed by atoms with Crippen LogP contribution in [0.4, 0.5) is 0 Å². The monoisotopic (exact) mass is 367 g/mol. The molecule has 0 heterocycles. The molecule has 2 aromatic rings. The second kappa shape index (κ2) is 8.71. The lowest BCUT2D eigenvalue weighted by molar-refractivity contribution is -0.152. The number of ether oxygens (including phenoxy) is 2. The van der Waals surface area contributed by atoms with E-state index in [0.29, 0.717) is 6.54 Å². The fourth-order valence-electron chi connectivity index (χ4n) is 2.88. The normalized spacial score (nSPS) is 13.1. The molecule has 1 fully saturated rings. The van der Waals surface area contributed by atoms with E-state index in [-0.39, 0.29) is 30.9 Å². The van der Waals surface area contributed by atoms with Crippen LogP contribution in [0.1, 0.15) is 29.5 Å². The Morgan fingerprint density at radius 1 is 1.00 bits per heavy atom. The van der Waals surface area contributed by atoms with E-state index in [1.165, 1.54) is 0 Å². The zero-order valence-electron chi connectivity index (χ0n) is 15.8. The number of benzene rings is 2. The van der Waals surface area contributed by atoms with Gasteiger partial charge in [0.1, 0.15) is 5.75 Å². The van der Waals surface area contributed by atoms with Crippen molar-refractivity contribution in [3.63, 3.8) is 0 Å². The molecule has 0 atom stereocenters. The van der Waals surface area contributed by atoms with E-state index in [1.54, 1.807) is 12.0 Å². The number of aryl methyl sites for hydroxylation is 1. The third-order valence-electron chi connectivity index (χ3n) is 4.65. The summed E-state index contributed by atoms with van der Waals surface area (Å²) in [5, 5.41) is 0. The zero-order chi connectivity index (χ0) is 19.2. The first-order valence-electron chi connectivity index (χ1n) is 9.18. The van der Waals surface area contributed by atoms with Gasteiger partial charge in [-0.2, -0.15) is 0 Å². The summed E-state index contributed by atoms with van der Waals surface area (Å²) < 4.78 is 10.4. The fourth-order valence-corrected chi connectivity index (χ4v) is 2.88. The van der Waals surface area contributed by atoms with Crippen LogP contribution in [-0.4, -0.2) is 36.5 Å². The number of esters is 1. The van der Waals surface area contributed by atoms with Gasteiger partial charge in [-0.1, -0.05) is 42.0 Å². The van der Waals surface area contributed by atoms with Gasteiger partial charge < -0.3 is 14.4 Å². The Balaban J connectivity index is 1.52. The van der Waals surface area contributed by atoms with Gasteiger partial charge in [0.25, 0.3) is 5.91 Å². The predicted molar refractivity (Wildman–Crippen MR) is 102 cm³/mol. The summed E-state index contributed by atoms with van der Waals surface area (Å²) in [6, 6.07) is 15.6. The number of methoxy groups -OCH3 is 1. The van der Waals surface area contributed by atoms with Crippen LogP contribution < -0.4 is 4.74 Å². The largest absolute Gasteiger partial charge is 0.497 e. The van der Waals surface area contributed by atoms with Crippen molar-refractivity contribution < 1.29 is 19.1 Å². The van der Waals surface area contributed by atoms with E-state index in [9.17, 15) is 9.59 Å². The molecule has 0 unspecified atom stereocenters. The van der Waals surface area contributed by atoms with Gasteiger partial charge in [0.05, 0.1) is 13.5 Å². The molecule has 0 aliphatic heterocycles. The van der Waals surface area contributed by atoms with Gasteiger partial charge >= 0.3 is 5.97 Å². The first kappa shape index (κ1) is 19.0. The van der Waals surface area contributed by atoms with Crippen molar-refractivity contribution in [3.05, 3.63) is 65.2 Å². The van der Waals surface area contributed by atoms with Gasteiger partial charge in [-0.05, 0) is 43.0 Å². The standard InChI is InChI=1S/C22H25NO4/c1-16-3-5-17(6-4-16)13-22(25)27-15-21(24)23(19-9-10-19)14-18-7-11-20(26-2)12-8-18/h3-8,11-12,19H,9-10,13-15H2,1-2H3. The lowest BCUT2D eigenvalue weighted by Gasteiger charge is -2.22. The topological polar surface area (TPSA) is 55.8 Å². The molecular formula is C22H25NO4. The smallest absolute Gasteiger partial charge is 0.310 e. The highest BCUT2D eigenvalue weighted by atomic mass is 16.5. The highest BCUT2D eigenvalue weighted by Crippen LogP contribution is 2.28. The molecule has 5 heteroatoms. The number of hydrogen-bond acceptors (Lipinski definition) is 4. The number of nitrogens with zero attached hydrogens (tertiary/aromatic N) is 1. The highest BCUT2D eigenvalue weighted by molar-refractivity contribution is 5.81. The summed E-state index contributed by atoms with van der Waals surface area (Å²) in [4.78, 5) is 26.4. The molecule has 3 rings (SSSR count). The molecule has 1 saturated carbocycles. The summed E-state index contributed by atoms with van der Waals surface area (Å²) in [6.45, 7) is 2.30. The summed E-state index contributed by atoms with van der Waals surface area (Å²) in [6.07, 6.45) is 2.17. The Morgan fingerprint density at radius 2 is 1.63 bits per heavy atom. The second-order valence-electron chi connectivity index (χ2n) is 6.92. The van der Waals surface area contributed by atoms with Crippen molar-refractivity contribution in [2.24, 2.45) is 0 Å². The van der Waals surface area contributed by atoms with Gasteiger partial charge in [-0.15, -0.1) is 0 Å². The molecule has 0 spiro atoms. The number of hydrogen-bond donors (Lipinski definition) is 0. The van der Waals surface area contributed by atoms with Crippen molar-refractivity contribution in [2.45, 2.75) is 38.8 Å². The van der Waals surface area contributed by atoms with E-state index in [0.717, 1.165) is 35.3 Å². The average Bonchev–Trinajstić information content (AvgIpc) is 3.51. The van der Waals surface area contributed by atoms with E-state index in [4.69, 9.17) is 9.47 Å². The van der Waals surface area contributed by atoms with Crippen LogP contribution in [0.3, 0.4) is 0 Å². The lowest BCUT2D eigenvalue weighted by Crippen LogP contribution is -2.36. The van der Waals surface area contributed by atoms with Crippen LogP contribution in [-0.2, 0) is 27.3 Å². The van der Waals surface area contributed by atoms with E-state index in [1.807, 2.05) is 55.5 Å². The molecule has 1 aliphatic rings. The Bertz CT molecular complexity index is 779. The van der Waals surface area contributed by atoms with Crippen LogP contribution in [0.2, 0.25) is 0 Å². The summed E-state index contributed by atoms with van der Waals surface area (Å²) >= 11 is 0. The minimum atomic E-state index is -0.382. The predicted octanol–water partition coefficient (Wildman–Crippen LogP) is 3.28. The Hall–Kier alpha value is -2.82. The Kier molecular flexibility index (Phi) is 6.12. The summed E-state index contributed by atoms with van der Waals surface area (Å²) in [7, 11) is 1.62. The lowest BCUT2D eigenvalue weighted by atomic mass is 10.1. The molecule has 142 valence electrons. The van der Waals surface area contributed by atoms with Gasteiger partial charge in [0, 0.05) is 12.6 Å². The molecule has 1 aliphatic carbocycles. The molecule has 2 aromatic carbocycles. The molecular weight excluding hydrogens is 342 g/mol. The first-order valence-corrected chi connectivity index (χ1v) is 9.18. The van der Waals surface area contributed by atoms with Crippen molar-refractivity contribution in [2.75, 3.05) is 13.7 Å². The van der Waals surface area contributed by atoms with Gasteiger partial charge in [-0.3, -0.25) is 9.59 Å². The van der Waals surface area contributed by atoms with Crippen LogP contribution in [0, 0.1) is 6.92 Å². The van der Waals surface area contributed by atoms with Crippen molar-refractivity contribution in [3.8, 4) is 5.75 Å². The Labute approximate surface area is 159 Å². The maximum atomic E-state index is 12.6. The van der Waals surface area contributed by atoms with Crippen LogP contribution in [0.15, 0.2) is 48.5 Å². The van der Waals surface area contributed by atoms with E-state index < -0.39 is 0 Å². The van der Waals surface area contributed by atoms with Gasteiger partial charge in [0.15, 0.2) is 6.61 Å². The summed E-state index contributed by atoms with van der Waals surface area (Å²) in [5.41, 5.74) is 3.05. The summed E-state index contributed by atoms with van der Waals surface area (Å²) in [5.74, 6) is 0.256. The maximum absolute atomic E-state index is 12.6. The van der Waals surface area contributed by atoms with E-state index in [2.05, 4.69) is 0 Å². The first-order chi connectivity index (χ1) is 13.0. The minimum absolute atomic E-state index is 0.148. The number of carbonyl (C=O) groups is 2. The van der Waals surface area contributed by atoms with Crippen LogP contribution in [0.25, 0.3) is 0 Å². The molecule has 0 saturated heterocycles. The van der Waals surface area contributed by atoms with Crippen LogP contribution >= 0.6 is 0 Å². The molecule has 27 heavy (non-hydrogen) atoms. The molecule has 1 amide bonds. The van der Waals surface area contributed by atoms with Gasteiger partial charge in [-0.25, -0.2) is 0 Å². The number of carbonyl (C=O) groups excluding carboxylic acids is 2. The van der Waals surface area contributed by atoms with Crippen molar-refractivity contribution in [1.82, 2.24) is 4.90 Å². The zero-order valence-corrected chi connectivity index (χ0v) is 15.8. The molecule has 5 nitrogen and oxygen atoms in total. The number of rotatable bonds is 8. The molecule has 0 N–H and O–H groups in total.